The normalized spacial score (nSPS) is 16.6. The van der Waals surface area contributed by atoms with Gasteiger partial charge in [-0.15, -0.1) is 0 Å². The summed E-state index contributed by atoms with van der Waals surface area (Å²) in [6.45, 7) is 2.10. The Labute approximate surface area is 213 Å². The van der Waals surface area contributed by atoms with Crippen LogP contribution in [0.15, 0.2) is 90.1 Å². The first-order valence-corrected chi connectivity index (χ1v) is 12.6. The van der Waals surface area contributed by atoms with Gasteiger partial charge in [-0.05, 0) is 48.1 Å². The maximum absolute atomic E-state index is 13.1. The highest BCUT2D eigenvalue weighted by Gasteiger charge is 2.25. The highest BCUT2D eigenvalue weighted by molar-refractivity contribution is 6.01. The van der Waals surface area contributed by atoms with Crippen LogP contribution in [0.5, 0.6) is 0 Å². The topological polar surface area (TPSA) is 80.2 Å². The minimum Gasteiger partial charge on any atom is -0.394 e. The molecule has 1 unspecified atom stereocenters. The lowest BCUT2D eigenvalue weighted by atomic mass is 9.97. The highest BCUT2D eigenvalue weighted by atomic mass is 16.6. The number of rotatable bonds is 12. The van der Waals surface area contributed by atoms with Gasteiger partial charge in [0.1, 0.15) is 12.2 Å². The molecule has 36 heavy (non-hydrogen) atoms. The second-order valence-corrected chi connectivity index (χ2v) is 9.00. The zero-order chi connectivity index (χ0) is 25.2. The number of aryl methyl sites for hydroxylation is 1. The zero-order valence-corrected chi connectivity index (χ0v) is 20.7. The van der Waals surface area contributed by atoms with Gasteiger partial charge in [-0.3, -0.25) is 4.79 Å². The van der Waals surface area contributed by atoms with Crippen LogP contribution in [0.1, 0.15) is 48.1 Å². The van der Waals surface area contributed by atoms with Gasteiger partial charge in [0.15, 0.2) is 0 Å². The van der Waals surface area contributed by atoms with Gasteiger partial charge in [0.2, 0.25) is 5.91 Å². The predicted molar refractivity (Wildman–Crippen MR) is 141 cm³/mol. The van der Waals surface area contributed by atoms with Crippen molar-refractivity contribution in [3.63, 3.8) is 0 Å². The van der Waals surface area contributed by atoms with Crippen LogP contribution in [0.25, 0.3) is 0 Å². The number of hydrogen-bond donors (Lipinski definition) is 2. The number of nitrogens with one attached hydrogen (secondary N) is 1. The lowest BCUT2D eigenvalue weighted by Gasteiger charge is -2.22. The Bertz CT molecular complexity index is 1130. The molecule has 3 atom stereocenters. The van der Waals surface area contributed by atoms with E-state index < -0.39 is 12.1 Å². The standard InChI is InChI=1S/C30H34N2O4/c1-2-35-29(30(34)31-28(21-33)24-13-7-4-8-14-24)19-23-12-9-15-25(18-23)27-20-26(36-32-27)17-16-22-10-5-3-6-11-22/h3-15,18,26,28-29,33H,2,16-17,19-21H2,1H3,(H,31,34)/t26?,28-,29+/m0/s1. The van der Waals surface area contributed by atoms with Crippen LogP contribution in [0, 0.1) is 0 Å². The second-order valence-electron chi connectivity index (χ2n) is 9.00. The summed E-state index contributed by atoms with van der Waals surface area (Å²) >= 11 is 0. The highest BCUT2D eigenvalue weighted by Crippen LogP contribution is 2.22. The Morgan fingerprint density at radius 2 is 1.78 bits per heavy atom. The van der Waals surface area contributed by atoms with E-state index in [4.69, 9.17) is 9.57 Å². The zero-order valence-electron chi connectivity index (χ0n) is 20.7. The van der Waals surface area contributed by atoms with E-state index in [0.29, 0.717) is 13.0 Å². The quantitative estimate of drug-likeness (QED) is 0.392. The molecule has 0 bridgehead atoms. The first-order chi connectivity index (χ1) is 17.7. The lowest BCUT2D eigenvalue weighted by molar-refractivity contribution is -0.133. The van der Waals surface area contributed by atoms with E-state index in [9.17, 15) is 9.90 Å². The largest absolute Gasteiger partial charge is 0.394 e. The van der Waals surface area contributed by atoms with Crippen LogP contribution < -0.4 is 5.32 Å². The molecule has 1 heterocycles. The van der Waals surface area contributed by atoms with Crippen LogP contribution in [0.2, 0.25) is 0 Å². The maximum atomic E-state index is 13.1. The Kier molecular flexibility index (Phi) is 9.25. The number of oxime groups is 1. The number of aliphatic hydroxyl groups excluding tert-OH is 1. The van der Waals surface area contributed by atoms with Gasteiger partial charge >= 0.3 is 0 Å². The summed E-state index contributed by atoms with van der Waals surface area (Å²) in [5, 5.41) is 17.1. The van der Waals surface area contributed by atoms with E-state index in [1.807, 2.05) is 61.5 Å². The molecule has 0 aliphatic carbocycles. The molecule has 2 N–H and O–H groups in total. The van der Waals surface area contributed by atoms with E-state index in [-0.39, 0.29) is 18.6 Å². The first kappa shape index (κ1) is 25.6. The van der Waals surface area contributed by atoms with Crippen molar-refractivity contribution in [3.05, 3.63) is 107 Å². The predicted octanol–water partition coefficient (Wildman–Crippen LogP) is 4.61. The molecular weight excluding hydrogens is 452 g/mol. The fourth-order valence-electron chi connectivity index (χ4n) is 4.43. The van der Waals surface area contributed by atoms with Gasteiger partial charge in [-0.1, -0.05) is 84.0 Å². The van der Waals surface area contributed by atoms with Crippen molar-refractivity contribution >= 4 is 11.6 Å². The molecule has 0 aromatic heterocycles. The number of carbonyl (C=O) groups excluding carboxylic acids is 1. The third kappa shape index (κ3) is 7.03. The summed E-state index contributed by atoms with van der Waals surface area (Å²) in [7, 11) is 0. The van der Waals surface area contributed by atoms with Gasteiger partial charge in [-0.25, -0.2) is 0 Å². The van der Waals surface area contributed by atoms with E-state index >= 15 is 0 Å². The molecule has 1 aliphatic heterocycles. The molecule has 1 amide bonds. The molecule has 1 aliphatic rings. The molecule has 3 aromatic rings. The molecule has 6 nitrogen and oxygen atoms in total. The maximum Gasteiger partial charge on any atom is 0.250 e. The Balaban J connectivity index is 1.36. The molecule has 0 radical (unpaired) electrons. The van der Waals surface area contributed by atoms with Crippen LogP contribution >= 0.6 is 0 Å². The smallest absolute Gasteiger partial charge is 0.250 e. The monoisotopic (exact) mass is 486 g/mol. The lowest BCUT2D eigenvalue weighted by Crippen LogP contribution is -2.41. The van der Waals surface area contributed by atoms with Crippen molar-refractivity contribution in [2.24, 2.45) is 5.16 Å². The van der Waals surface area contributed by atoms with Crippen molar-refractivity contribution in [2.75, 3.05) is 13.2 Å². The molecular formula is C30H34N2O4. The summed E-state index contributed by atoms with van der Waals surface area (Å²) in [5.41, 5.74) is 5.07. The van der Waals surface area contributed by atoms with E-state index in [2.05, 4.69) is 40.8 Å². The number of amides is 1. The SMILES string of the molecule is CCO[C@H](Cc1cccc(C2=NOC(CCc3ccccc3)C2)c1)C(=O)N[C@@H](CO)c1ccccc1. The molecule has 0 saturated carbocycles. The number of nitrogens with zero attached hydrogens (tertiary/aromatic N) is 1. The van der Waals surface area contributed by atoms with Crippen molar-refractivity contribution < 1.29 is 19.5 Å². The van der Waals surface area contributed by atoms with Crippen molar-refractivity contribution in [1.29, 1.82) is 0 Å². The molecule has 0 fully saturated rings. The minimum atomic E-state index is -0.664. The van der Waals surface area contributed by atoms with E-state index in [0.717, 1.165) is 41.7 Å². The molecule has 0 spiro atoms. The third-order valence-electron chi connectivity index (χ3n) is 6.37. The van der Waals surface area contributed by atoms with Crippen LogP contribution in [0.3, 0.4) is 0 Å². The van der Waals surface area contributed by atoms with Gasteiger partial charge in [0.25, 0.3) is 0 Å². The Morgan fingerprint density at radius 1 is 1.06 bits per heavy atom. The number of benzene rings is 3. The van der Waals surface area contributed by atoms with Crippen molar-refractivity contribution in [3.8, 4) is 0 Å². The Morgan fingerprint density at radius 3 is 2.50 bits per heavy atom. The Hall–Kier alpha value is -3.48. The van der Waals surface area contributed by atoms with Gasteiger partial charge < -0.3 is 20.0 Å². The van der Waals surface area contributed by atoms with Gasteiger partial charge in [-0.2, -0.15) is 0 Å². The number of carbonyl (C=O) groups is 1. The van der Waals surface area contributed by atoms with Crippen molar-refractivity contribution in [1.82, 2.24) is 5.32 Å². The van der Waals surface area contributed by atoms with Crippen LogP contribution in [-0.4, -0.2) is 42.1 Å². The van der Waals surface area contributed by atoms with E-state index in [1.54, 1.807) is 0 Å². The molecule has 4 rings (SSSR count). The first-order valence-electron chi connectivity index (χ1n) is 12.6. The van der Waals surface area contributed by atoms with Crippen LogP contribution in [-0.2, 0) is 27.2 Å². The summed E-state index contributed by atoms with van der Waals surface area (Å²) in [6, 6.07) is 27.4. The van der Waals surface area contributed by atoms with Gasteiger partial charge in [0.05, 0.1) is 18.4 Å². The average molecular weight is 487 g/mol. The van der Waals surface area contributed by atoms with Crippen molar-refractivity contribution in [2.45, 2.75) is 50.9 Å². The summed E-state index contributed by atoms with van der Waals surface area (Å²) in [5.74, 6) is -0.243. The molecule has 6 heteroatoms. The minimum absolute atomic E-state index is 0.0687. The molecule has 3 aromatic carbocycles. The third-order valence-corrected chi connectivity index (χ3v) is 6.37. The summed E-state index contributed by atoms with van der Waals surface area (Å²) in [6.07, 6.45) is 2.46. The number of hydrogen-bond acceptors (Lipinski definition) is 5. The second kappa shape index (κ2) is 13.0. The number of ether oxygens (including phenoxy) is 1. The molecule has 188 valence electrons. The van der Waals surface area contributed by atoms with Crippen LogP contribution in [0.4, 0.5) is 0 Å². The summed E-state index contributed by atoms with van der Waals surface area (Å²) in [4.78, 5) is 18.8. The number of aliphatic hydroxyl groups is 1. The average Bonchev–Trinajstić information content (AvgIpc) is 3.41. The fourth-order valence-corrected chi connectivity index (χ4v) is 4.43. The fraction of sp³-hybridized carbons (Fsp3) is 0.333. The summed E-state index contributed by atoms with van der Waals surface area (Å²) < 4.78 is 5.80. The molecule has 0 saturated heterocycles. The van der Waals surface area contributed by atoms with Gasteiger partial charge in [0, 0.05) is 19.4 Å². The van der Waals surface area contributed by atoms with E-state index in [1.165, 1.54) is 5.56 Å².